The van der Waals surface area contributed by atoms with Crippen LogP contribution in [0.2, 0.25) is 0 Å². The maximum Gasteiger partial charge on any atom is 0.361 e. The summed E-state index contributed by atoms with van der Waals surface area (Å²) in [7, 11) is 1.26. The lowest BCUT2D eigenvalue weighted by atomic mass is 10.6. The van der Waals surface area contributed by atoms with Crippen molar-refractivity contribution in [1.82, 2.24) is 0 Å². The highest BCUT2D eigenvalue weighted by Gasteiger charge is 2.19. The van der Waals surface area contributed by atoms with Gasteiger partial charge in [-0.15, -0.1) is 0 Å². The fourth-order valence-electron chi connectivity index (χ4n) is 0.663. The van der Waals surface area contributed by atoms with Gasteiger partial charge in [-0.2, -0.15) is 0 Å². The first-order chi connectivity index (χ1) is 5.61. The Balaban J connectivity index is 3.77. The van der Waals surface area contributed by atoms with E-state index in [9.17, 15) is 4.79 Å². The molecular weight excluding hydrogens is 164 g/mol. The Morgan fingerprint density at radius 2 is 2.17 bits per heavy atom. The smallest absolute Gasteiger partial charge is 0.361 e. The average molecular weight is 178 g/mol. The Morgan fingerprint density at radius 1 is 1.58 bits per heavy atom. The van der Waals surface area contributed by atoms with Gasteiger partial charge in [-0.25, -0.2) is 4.79 Å². The van der Waals surface area contributed by atoms with E-state index in [0.717, 1.165) is 0 Å². The van der Waals surface area contributed by atoms with Crippen molar-refractivity contribution in [3.63, 3.8) is 0 Å². The highest BCUT2D eigenvalue weighted by Crippen LogP contribution is 2.00. The van der Waals surface area contributed by atoms with Crippen LogP contribution in [0.3, 0.4) is 0 Å². The van der Waals surface area contributed by atoms with Crippen LogP contribution < -0.4 is 0 Å². The summed E-state index contributed by atoms with van der Waals surface area (Å²) in [6, 6.07) is 0. The molecule has 72 valence electrons. The Morgan fingerprint density at radius 3 is 2.50 bits per heavy atom. The van der Waals surface area contributed by atoms with E-state index in [1.54, 1.807) is 13.8 Å². The lowest BCUT2D eigenvalue weighted by Gasteiger charge is -2.17. The Hall–Kier alpha value is -0.650. The van der Waals surface area contributed by atoms with Crippen molar-refractivity contribution in [1.29, 1.82) is 0 Å². The predicted octanol–water partition coefficient (Wildman–Crippen LogP) is 0.443. The van der Waals surface area contributed by atoms with Crippen LogP contribution in [0.1, 0.15) is 13.8 Å². The van der Waals surface area contributed by atoms with Crippen LogP contribution in [-0.4, -0.2) is 37.4 Å². The number of hydrogen-bond acceptors (Lipinski definition) is 4. The number of hydrogen-bond donors (Lipinski definition) is 1. The van der Waals surface area contributed by atoms with Crippen LogP contribution in [0.15, 0.2) is 0 Å². The largest absolute Gasteiger partial charge is 0.477 e. The quantitative estimate of drug-likeness (QED) is 0.598. The van der Waals surface area contributed by atoms with Crippen LogP contribution in [0, 0.1) is 0 Å². The first-order valence-corrected chi connectivity index (χ1v) is 3.64. The summed E-state index contributed by atoms with van der Waals surface area (Å²) in [6.45, 7) is 3.87. The highest BCUT2D eigenvalue weighted by molar-refractivity contribution is 5.70. The summed E-state index contributed by atoms with van der Waals surface area (Å²) in [4.78, 5) is 10.4. The van der Waals surface area contributed by atoms with Gasteiger partial charge in [-0.1, -0.05) is 0 Å². The highest BCUT2D eigenvalue weighted by atomic mass is 16.8. The summed E-state index contributed by atoms with van der Waals surface area (Å²) in [5.74, 6) is -1.16. The number of ether oxygens (including phenoxy) is 3. The van der Waals surface area contributed by atoms with Crippen molar-refractivity contribution in [2.45, 2.75) is 26.4 Å². The second kappa shape index (κ2) is 5.93. The zero-order valence-corrected chi connectivity index (χ0v) is 7.44. The minimum atomic E-state index is -1.26. The first-order valence-electron chi connectivity index (χ1n) is 3.64. The van der Waals surface area contributed by atoms with Crippen molar-refractivity contribution in [2.24, 2.45) is 0 Å². The Bertz CT molecular complexity index is 136. The van der Waals surface area contributed by atoms with Crippen LogP contribution in [0.5, 0.6) is 0 Å². The molecule has 0 fully saturated rings. The molecule has 5 heteroatoms. The summed E-state index contributed by atoms with van der Waals surface area (Å²) in [6.07, 6.45) is -1.83. The van der Waals surface area contributed by atoms with Crippen molar-refractivity contribution in [3.05, 3.63) is 0 Å². The fraction of sp³-hybridized carbons (Fsp3) is 0.857. The van der Waals surface area contributed by atoms with Gasteiger partial charge in [0.15, 0.2) is 6.29 Å². The van der Waals surface area contributed by atoms with E-state index in [1.165, 1.54) is 7.11 Å². The number of carbonyl (C=O) groups is 1. The molecule has 2 atom stereocenters. The molecule has 0 radical (unpaired) electrons. The summed E-state index contributed by atoms with van der Waals surface area (Å²) in [5.41, 5.74) is 0. The zero-order valence-electron chi connectivity index (χ0n) is 7.44. The van der Waals surface area contributed by atoms with E-state index in [0.29, 0.717) is 6.61 Å². The molecule has 0 aromatic carbocycles. The third-order valence-corrected chi connectivity index (χ3v) is 1.13. The Labute approximate surface area is 71.2 Å². The van der Waals surface area contributed by atoms with Gasteiger partial charge in [0.1, 0.15) is 0 Å². The first kappa shape index (κ1) is 11.4. The fourth-order valence-corrected chi connectivity index (χ4v) is 0.663. The van der Waals surface area contributed by atoms with Crippen molar-refractivity contribution >= 4 is 5.97 Å². The van der Waals surface area contributed by atoms with E-state index >= 15 is 0 Å². The van der Waals surface area contributed by atoms with Gasteiger partial charge in [0.2, 0.25) is 0 Å². The number of carboxylic acid groups (broad SMARTS) is 1. The van der Waals surface area contributed by atoms with E-state index in [-0.39, 0.29) is 0 Å². The molecule has 0 spiro atoms. The third kappa shape index (κ3) is 4.27. The number of carboxylic acids is 1. The molecule has 0 amide bonds. The molecule has 1 N–H and O–H groups in total. The van der Waals surface area contributed by atoms with Crippen LogP contribution in [0.4, 0.5) is 0 Å². The Kier molecular flexibility index (Phi) is 5.61. The average Bonchev–Trinajstić information content (AvgIpc) is 2.00. The normalized spacial score (nSPS) is 15.6. The standard InChI is InChI=1S/C7H14O5/c1-4-11-5(2)12-7(10-3)6(8)9/h5,7H,4H2,1-3H3,(H,8,9). The van der Waals surface area contributed by atoms with Crippen molar-refractivity contribution in [3.8, 4) is 0 Å². The minimum absolute atomic E-state index is 0.469. The van der Waals surface area contributed by atoms with E-state index in [4.69, 9.17) is 14.6 Å². The van der Waals surface area contributed by atoms with E-state index in [2.05, 4.69) is 4.74 Å². The van der Waals surface area contributed by atoms with Gasteiger partial charge in [-0.05, 0) is 13.8 Å². The molecule has 12 heavy (non-hydrogen) atoms. The zero-order chi connectivity index (χ0) is 9.56. The maximum absolute atomic E-state index is 10.4. The van der Waals surface area contributed by atoms with Crippen molar-refractivity contribution < 1.29 is 24.1 Å². The molecule has 0 aromatic heterocycles. The molecule has 2 unspecified atom stereocenters. The second-order valence-corrected chi connectivity index (χ2v) is 2.06. The van der Waals surface area contributed by atoms with Gasteiger partial charge in [0.25, 0.3) is 6.29 Å². The monoisotopic (exact) mass is 178 g/mol. The third-order valence-electron chi connectivity index (χ3n) is 1.13. The van der Waals surface area contributed by atoms with Gasteiger partial charge < -0.3 is 19.3 Å². The van der Waals surface area contributed by atoms with Crippen LogP contribution >= 0.6 is 0 Å². The van der Waals surface area contributed by atoms with E-state index < -0.39 is 18.5 Å². The summed E-state index contributed by atoms with van der Waals surface area (Å²) in [5, 5.41) is 8.48. The molecule has 0 aliphatic rings. The molecule has 0 aliphatic heterocycles. The molecule has 0 heterocycles. The molecule has 0 aromatic rings. The molecule has 0 rings (SSSR count). The summed E-state index contributed by atoms with van der Waals surface area (Å²) >= 11 is 0. The topological polar surface area (TPSA) is 65.0 Å². The SMILES string of the molecule is CCOC(C)OC(OC)C(=O)O. The minimum Gasteiger partial charge on any atom is -0.477 e. The lowest BCUT2D eigenvalue weighted by Crippen LogP contribution is -2.30. The van der Waals surface area contributed by atoms with Crippen LogP contribution in [0.25, 0.3) is 0 Å². The van der Waals surface area contributed by atoms with Gasteiger partial charge >= 0.3 is 5.97 Å². The van der Waals surface area contributed by atoms with Gasteiger partial charge in [-0.3, -0.25) is 0 Å². The lowest BCUT2D eigenvalue weighted by molar-refractivity contribution is -0.235. The molecule has 0 saturated heterocycles. The maximum atomic E-state index is 10.4. The van der Waals surface area contributed by atoms with Gasteiger partial charge in [0.05, 0.1) is 0 Å². The second-order valence-electron chi connectivity index (χ2n) is 2.06. The van der Waals surface area contributed by atoms with E-state index in [1.807, 2.05) is 0 Å². The van der Waals surface area contributed by atoms with Crippen LogP contribution in [-0.2, 0) is 19.0 Å². The number of aliphatic carboxylic acids is 1. The molecule has 5 nitrogen and oxygen atoms in total. The summed E-state index contributed by atoms with van der Waals surface area (Å²) < 4.78 is 14.3. The molecular formula is C7H14O5. The number of rotatable bonds is 6. The van der Waals surface area contributed by atoms with Crippen molar-refractivity contribution in [2.75, 3.05) is 13.7 Å². The number of methoxy groups -OCH3 is 1. The predicted molar refractivity (Wildman–Crippen MR) is 40.6 cm³/mol. The molecule has 0 aliphatic carbocycles. The molecule has 0 saturated carbocycles. The molecule has 0 bridgehead atoms. The van der Waals surface area contributed by atoms with Gasteiger partial charge in [0, 0.05) is 13.7 Å².